The average molecular weight is 301 g/mol. The van der Waals surface area contributed by atoms with Crippen molar-refractivity contribution >= 4 is 28.9 Å². The molecule has 0 radical (unpaired) electrons. The van der Waals surface area contributed by atoms with Crippen molar-refractivity contribution in [1.82, 2.24) is 0 Å². The van der Waals surface area contributed by atoms with Gasteiger partial charge in [-0.05, 0) is 48.6 Å². The quantitative estimate of drug-likeness (QED) is 0.833. The Morgan fingerprint density at radius 3 is 2.48 bits per heavy atom. The molecule has 0 atom stereocenters. The lowest BCUT2D eigenvalue weighted by Crippen LogP contribution is -2.23. The fourth-order valence-electron chi connectivity index (χ4n) is 2.82. The third kappa shape index (κ3) is 2.74. The molecule has 3 N–H and O–H groups in total. The van der Waals surface area contributed by atoms with Gasteiger partial charge < -0.3 is 11.1 Å². The van der Waals surface area contributed by atoms with E-state index in [1.165, 1.54) is 11.1 Å². The van der Waals surface area contributed by atoms with Crippen molar-refractivity contribution in [3.8, 4) is 0 Å². The summed E-state index contributed by atoms with van der Waals surface area (Å²) in [6.07, 6.45) is 1.59. The molecule has 0 saturated carbocycles. The lowest BCUT2D eigenvalue weighted by Gasteiger charge is -2.13. The molecule has 0 bridgehead atoms. The number of benzene rings is 2. The Labute approximate surface area is 129 Å². The fourth-order valence-corrected chi connectivity index (χ4v) is 2.98. The summed E-state index contributed by atoms with van der Waals surface area (Å²) in [5.74, 6) is 0.0215. The summed E-state index contributed by atoms with van der Waals surface area (Å²) < 4.78 is 0. The summed E-state index contributed by atoms with van der Waals surface area (Å²) in [6.45, 7) is 1.91. The summed E-state index contributed by atoms with van der Waals surface area (Å²) in [7, 11) is 0. The molecule has 0 saturated heterocycles. The number of nitrogens with two attached hydrogens (primary N) is 1. The van der Waals surface area contributed by atoms with Crippen LogP contribution in [-0.4, -0.2) is 5.91 Å². The Hall–Kier alpha value is -2.00. The van der Waals surface area contributed by atoms with Crippen molar-refractivity contribution in [1.29, 1.82) is 0 Å². The predicted octanol–water partition coefficient (Wildman–Crippen LogP) is 3.58. The topological polar surface area (TPSA) is 55.1 Å². The van der Waals surface area contributed by atoms with Crippen molar-refractivity contribution in [2.45, 2.75) is 19.8 Å². The van der Waals surface area contributed by atoms with Crippen LogP contribution in [0.3, 0.4) is 0 Å². The third-order valence-corrected chi connectivity index (χ3v) is 4.35. The van der Waals surface area contributed by atoms with E-state index >= 15 is 0 Å². The van der Waals surface area contributed by atoms with Crippen LogP contribution < -0.4 is 11.1 Å². The van der Waals surface area contributed by atoms with E-state index in [2.05, 4.69) is 17.4 Å². The first-order chi connectivity index (χ1) is 10.0. The van der Waals surface area contributed by atoms with Crippen LogP contribution in [-0.2, 0) is 17.6 Å². The van der Waals surface area contributed by atoms with Crippen LogP contribution in [0.4, 0.5) is 11.4 Å². The molecule has 0 spiro atoms. The van der Waals surface area contributed by atoms with E-state index in [1.807, 2.05) is 19.1 Å². The van der Waals surface area contributed by atoms with Crippen molar-refractivity contribution < 1.29 is 4.79 Å². The van der Waals surface area contributed by atoms with Crippen LogP contribution >= 0.6 is 11.6 Å². The van der Waals surface area contributed by atoms with Gasteiger partial charge in [-0.15, -0.1) is 0 Å². The summed E-state index contributed by atoms with van der Waals surface area (Å²) in [4.78, 5) is 12.4. The zero-order valence-corrected chi connectivity index (χ0v) is 12.6. The lowest BCUT2D eigenvalue weighted by atomic mass is 10.0. The highest BCUT2D eigenvalue weighted by Crippen LogP contribution is 2.30. The number of nitrogen functional groups attached to an aromatic ring is 1. The van der Waals surface area contributed by atoms with Crippen LogP contribution in [0.2, 0.25) is 5.02 Å². The standard InChI is InChI=1S/C17H17ClN2O/c1-10-6-15(19)14(18)9-16(10)20-17(21)13-7-11-4-2-3-5-12(11)8-13/h2-6,9,13H,7-8,19H2,1H3,(H,20,21). The van der Waals surface area contributed by atoms with Crippen LogP contribution in [0.5, 0.6) is 0 Å². The summed E-state index contributed by atoms with van der Waals surface area (Å²) in [5, 5.41) is 3.44. The van der Waals surface area contributed by atoms with E-state index in [9.17, 15) is 4.79 Å². The lowest BCUT2D eigenvalue weighted by molar-refractivity contribution is -0.119. The molecule has 2 aromatic rings. The number of fused-ring (bicyclic) bond motifs is 1. The highest BCUT2D eigenvalue weighted by molar-refractivity contribution is 6.33. The van der Waals surface area contributed by atoms with E-state index in [-0.39, 0.29) is 11.8 Å². The molecule has 0 fully saturated rings. The SMILES string of the molecule is Cc1cc(N)c(Cl)cc1NC(=O)C1Cc2ccccc2C1. The minimum absolute atomic E-state index is 0.0156. The molecule has 0 heterocycles. The van der Waals surface area contributed by atoms with Gasteiger partial charge in [0.25, 0.3) is 0 Å². The first-order valence-corrected chi connectivity index (χ1v) is 7.35. The Bertz CT molecular complexity index is 687. The molecule has 0 aromatic heterocycles. The van der Waals surface area contributed by atoms with Gasteiger partial charge in [0.2, 0.25) is 5.91 Å². The van der Waals surface area contributed by atoms with Gasteiger partial charge in [0.15, 0.2) is 0 Å². The predicted molar refractivity (Wildman–Crippen MR) is 86.6 cm³/mol. The van der Waals surface area contributed by atoms with Crippen molar-refractivity contribution in [2.75, 3.05) is 11.1 Å². The van der Waals surface area contributed by atoms with E-state index in [0.717, 1.165) is 24.1 Å². The monoisotopic (exact) mass is 300 g/mol. The molecule has 108 valence electrons. The van der Waals surface area contributed by atoms with Gasteiger partial charge in [-0.2, -0.15) is 0 Å². The number of carbonyl (C=O) groups excluding carboxylic acids is 1. The van der Waals surface area contributed by atoms with Gasteiger partial charge in [0.1, 0.15) is 0 Å². The van der Waals surface area contributed by atoms with Crippen LogP contribution in [0, 0.1) is 12.8 Å². The zero-order chi connectivity index (χ0) is 15.0. The number of nitrogens with one attached hydrogen (secondary N) is 1. The first-order valence-electron chi connectivity index (χ1n) is 6.98. The second-order valence-electron chi connectivity index (χ2n) is 5.55. The normalized spacial score (nSPS) is 14.0. The molecule has 4 heteroatoms. The van der Waals surface area contributed by atoms with Crippen LogP contribution in [0.1, 0.15) is 16.7 Å². The zero-order valence-electron chi connectivity index (χ0n) is 11.8. The number of carbonyl (C=O) groups is 1. The number of hydrogen-bond donors (Lipinski definition) is 2. The fraction of sp³-hybridized carbons (Fsp3) is 0.235. The number of anilines is 2. The molecule has 3 nitrogen and oxygen atoms in total. The summed E-state index contributed by atoms with van der Waals surface area (Å²) in [5.41, 5.74) is 10.5. The van der Waals surface area contributed by atoms with E-state index in [0.29, 0.717) is 10.7 Å². The number of hydrogen-bond acceptors (Lipinski definition) is 2. The largest absolute Gasteiger partial charge is 0.398 e. The second-order valence-corrected chi connectivity index (χ2v) is 5.96. The van der Waals surface area contributed by atoms with Gasteiger partial charge in [-0.3, -0.25) is 4.79 Å². The minimum Gasteiger partial charge on any atom is -0.398 e. The molecule has 3 rings (SSSR count). The van der Waals surface area contributed by atoms with Crippen LogP contribution in [0.25, 0.3) is 0 Å². The summed E-state index contributed by atoms with van der Waals surface area (Å²) in [6, 6.07) is 11.7. The number of aryl methyl sites for hydroxylation is 1. The minimum atomic E-state index is -0.0156. The third-order valence-electron chi connectivity index (χ3n) is 4.02. The molecule has 0 aliphatic heterocycles. The molecule has 1 aliphatic rings. The number of rotatable bonds is 2. The van der Waals surface area contributed by atoms with Gasteiger partial charge in [0.05, 0.1) is 10.7 Å². The van der Waals surface area contributed by atoms with Crippen LogP contribution in [0.15, 0.2) is 36.4 Å². The van der Waals surface area contributed by atoms with E-state index < -0.39 is 0 Å². The van der Waals surface area contributed by atoms with Gasteiger partial charge in [-0.25, -0.2) is 0 Å². The molecule has 21 heavy (non-hydrogen) atoms. The smallest absolute Gasteiger partial charge is 0.228 e. The van der Waals surface area contributed by atoms with Crippen molar-refractivity contribution in [3.05, 3.63) is 58.1 Å². The highest BCUT2D eigenvalue weighted by atomic mass is 35.5. The molecule has 1 amide bonds. The maximum Gasteiger partial charge on any atom is 0.228 e. The highest BCUT2D eigenvalue weighted by Gasteiger charge is 2.27. The van der Waals surface area contributed by atoms with Gasteiger partial charge in [0, 0.05) is 11.6 Å². The summed E-state index contributed by atoms with van der Waals surface area (Å²) >= 11 is 6.03. The molecule has 0 unspecified atom stereocenters. The Kier molecular flexibility index (Phi) is 3.60. The van der Waals surface area contributed by atoms with Gasteiger partial charge in [-0.1, -0.05) is 35.9 Å². The van der Waals surface area contributed by atoms with Gasteiger partial charge >= 0.3 is 0 Å². The Morgan fingerprint density at radius 2 is 1.86 bits per heavy atom. The van der Waals surface area contributed by atoms with E-state index in [1.54, 1.807) is 12.1 Å². The molecular weight excluding hydrogens is 284 g/mol. The Morgan fingerprint density at radius 1 is 1.24 bits per heavy atom. The first kappa shape index (κ1) is 14.0. The molecule has 1 aliphatic carbocycles. The molecule has 2 aromatic carbocycles. The number of amides is 1. The van der Waals surface area contributed by atoms with Crippen molar-refractivity contribution in [2.24, 2.45) is 5.92 Å². The Balaban J connectivity index is 1.75. The number of halogens is 1. The van der Waals surface area contributed by atoms with E-state index in [4.69, 9.17) is 17.3 Å². The maximum absolute atomic E-state index is 12.4. The molecular formula is C17H17ClN2O. The van der Waals surface area contributed by atoms with Crippen molar-refractivity contribution in [3.63, 3.8) is 0 Å². The maximum atomic E-state index is 12.4. The second kappa shape index (κ2) is 5.41. The average Bonchev–Trinajstić information content (AvgIpc) is 2.88.